The molecule has 6 nitrogen and oxygen atoms in total. The number of ether oxygens (including phenoxy) is 3. The third-order valence-electron chi connectivity index (χ3n) is 4.63. The van der Waals surface area contributed by atoms with E-state index in [1.165, 1.54) is 16.9 Å². The normalized spacial score (nSPS) is 10.3. The smallest absolute Gasteiger partial charge is 0.341 e. The van der Waals surface area contributed by atoms with Gasteiger partial charge in [-0.2, -0.15) is 0 Å². The molecule has 1 heterocycles. The van der Waals surface area contributed by atoms with Gasteiger partial charge in [0.1, 0.15) is 5.00 Å². The van der Waals surface area contributed by atoms with Gasteiger partial charge in [-0.3, -0.25) is 0 Å². The Morgan fingerprint density at radius 2 is 1.75 bits per heavy atom. The van der Waals surface area contributed by atoms with E-state index in [4.69, 9.17) is 26.4 Å². The predicted octanol–water partition coefficient (Wildman–Crippen LogP) is 5.02. The first-order valence-electron chi connectivity index (χ1n) is 10.1. The lowest BCUT2D eigenvalue weighted by Crippen LogP contribution is -2.28. The second-order valence-electron chi connectivity index (χ2n) is 6.84. The number of carbonyl (C=O) groups excluding carboxylic acids is 1. The Labute approximate surface area is 197 Å². The van der Waals surface area contributed by atoms with Gasteiger partial charge in [0.2, 0.25) is 0 Å². The molecule has 0 radical (unpaired) electrons. The van der Waals surface area contributed by atoms with Crippen LogP contribution in [0.25, 0.3) is 0 Å². The average Bonchev–Trinajstić information content (AvgIpc) is 3.20. The van der Waals surface area contributed by atoms with Gasteiger partial charge in [-0.15, -0.1) is 11.3 Å². The van der Waals surface area contributed by atoms with Crippen LogP contribution in [-0.2, 0) is 17.7 Å². The van der Waals surface area contributed by atoms with Crippen LogP contribution >= 0.6 is 23.6 Å². The summed E-state index contributed by atoms with van der Waals surface area (Å²) in [4.78, 5) is 13.5. The van der Waals surface area contributed by atoms with Gasteiger partial charge in [0.25, 0.3) is 0 Å². The fraction of sp³-hybridized carbons (Fsp3) is 0.250. The molecule has 2 aromatic carbocycles. The second-order valence-corrected chi connectivity index (χ2v) is 8.38. The van der Waals surface area contributed by atoms with Gasteiger partial charge in [-0.05, 0) is 48.5 Å². The predicted molar refractivity (Wildman–Crippen MR) is 132 cm³/mol. The molecule has 0 bridgehead atoms. The van der Waals surface area contributed by atoms with Gasteiger partial charge in [-0.1, -0.05) is 36.4 Å². The zero-order valence-corrected chi connectivity index (χ0v) is 19.9. The molecule has 8 heteroatoms. The number of nitrogens with one attached hydrogen (secondary N) is 2. The van der Waals surface area contributed by atoms with E-state index < -0.39 is 0 Å². The van der Waals surface area contributed by atoms with Crippen molar-refractivity contribution < 1.29 is 19.0 Å². The van der Waals surface area contributed by atoms with Crippen molar-refractivity contribution in [2.75, 3.05) is 26.1 Å². The number of benzene rings is 2. The summed E-state index contributed by atoms with van der Waals surface area (Å²) in [5.41, 5.74) is 2.64. The molecule has 2 N–H and O–H groups in total. The van der Waals surface area contributed by atoms with Crippen LogP contribution in [0, 0.1) is 0 Å². The molecule has 0 aliphatic carbocycles. The number of hydrogen-bond acceptors (Lipinski definition) is 6. The molecule has 0 unspecified atom stereocenters. The SMILES string of the molecule is CCOC(=O)c1cc(Cc2ccccc2)sc1NC(=S)NCc1ccc(OC)c(OC)c1. The highest BCUT2D eigenvalue weighted by Crippen LogP contribution is 2.31. The van der Waals surface area contributed by atoms with Crippen LogP contribution in [0.1, 0.15) is 33.3 Å². The van der Waals surface area contributed by atoms with E-state index in [-0.39, 0.29) is 5.97 Å². The van der Waals surface area contributed by atoms with Crippen LogP contribution < -0.4 is 20.1 Å². The van der Waals surface area contributed by atoms with Gasteiger partial charge < -0.3 is 24.8 Å². The quantitative estimate of drug-likeness (QED) is 0.336. The summed E-state index contributed by atoms with van der Waals surface area (Å²) in [5.74, 6) is 0.952. The fourth-order valence-corrected chi connectivity index (χ4v) is 4.42. The largest absolute Gasteiger partial charge is 0.493 e. The molecular formula is C24H26N2O4S2. The number of thiocarbonyl (C=S) groups is 1. The van der Waals surface area contributed by atoms with Gasteiger partial charge in [0.15, 0.2) is 16.6 Å². The van der Waals surface area contributed by atoms with E-state index in [0.29, 0.717) is 40.3 Å². The molecule has 3 aromatic rings. The van der Waals surface area contributed by atoms with Crippen molar-refractivity contribution in [3.63, 3.8) is 0 Å². The molecular weight excluding hydrogens is 444 g/mol. The number of thiophene rings is 1. The molecule has 0 saturated carbocycles. The van der Waals surface area contributed by atoms with Gasteiger partial charge in [-0.25, -0.2) is 4.79 Å². The number of esters is 1. The van der Waals surface area contributed by atoms with Crippen molar-refractivity contribution in [2.45, 2.75) is 19.9 Å². The summed E-state index contributed by atoms with van der Waals surface area (Å²) in [6.07, 6.45) is 0.728. The third-order valence-corrected chi connectivity index (χ3v) is 5.92. The Morgan fingerprint density at radius 1 is 1.00 bits per heavy atom. The molecule has 0 aliphatic rings. The number of hydrogen-bond donors (Lipinski definition) is 2. The van der Waals surface area contributed by atoms with Crippen molar-refractivity contribution in [2.24, 2.45) is 0 Å². The molecule has 1 aromatic heterocycles. The lowest BCUT2D eigenvalue weighted by molar-refractivity contribution is 0.0528. The van der Waals surface area contributed by atoms with Crippen LogP contribution in [0.15, 0.2) is 54.6 Å². The van der Waals surface area contributed by atoms with Crippen LogP contribution in [0.4, 0.5) is 5.00 Å². The van der Waals surface area contributed by atoms with Gasteiger partial charge in [0, 0.05) is 17.8 Å². The zero-order chi connectivity index (χ0) is 22.9. The van der Waals surface area contributed by atoms with Crippen molar-refractivity contribution in [3.8, 4) is 11.5 Å². The van der Waals surface area contributed by atoms with Gasteiger partial charge in [0.05, 0.1) is 26.4 Å². The minimum Gasteiger partial charge on any atom is -0.493 e. The first-order valence-corrected chi connectivity index (χ1v) is 11.4. The Hall–Kier alpha value is -3.10. The molecule has 0 fully saturated rings. The van der Waals surface area contributed by atoms with Crippen LogP contribution in [0.3, 0.4) is 0 Å². The van der Waals surface area contributed by atoms with E-state index in [9.17, 15) is 4.79 Å². The van der Waals surface area contributed by atoms with Crippen LogP contribution in [0.2, 0.25) is 0 Å². The molecule has 3 rings (SSSR count). The second kappa shape index (κ2) is 11.5. The zero-order valence-electron chi connectivity index (χ0n) is 18.3. The number of anilines is 1. The third kappa shape index (κ3) is 6.21. The van der Waals surface area contributed by atoms with E-state index in [0.717, 1.165) is 16.9 Å². The summed E-state index contributed by atoms with van der Waals surface area (Å²) in [6.45, 7) is 2.59. The minimum atomic E-state index is -0.367. The maximum absolute atomic E-state index is 12.5. The van der Waals surface area contributed by atoms with E-state index in [1.54, 1.807) is 21.1 Å². The van der Waals surface area contributed by atoms with Crippen LogP contribution in [0.5, 0.6) is 11.5 Å². The Bertz CT molecular complexity index is 1070. The van der Waals surface area contributed by atoms with Crippen LogP contribution in [-0.4, -0.2) is 31.9 Å². The Morgan fingerprint density at radius 3 is 2.44 bits per heavy atom. The maximum atomic E-state index is 12.5. The van der Waals surface area contributed by atoms with Crippen molar-refractivity contribution in [1.29, 1.82) is 0 Å². The average molecular weight is 471 g/mol. The summed E-state index contributed by atoms with van der Waals surface area (Å²) in [7, 11) is 3.20. The van der Waals surface area contributed by atoms with E-state index >= 15 is 0 Å². The number of carbonyl (C=O) groups is 1. The molecule has 0 spiro atoms. The molecule has 0 saturated heterocycles. The minimum absolute atomic E-state index is 0.310. The Balaban J connectivity index is 1.70. The first kappa shape index (κ1) is 23.6. The Kier molecular flexibility index (Phi) is 8.47. The molecule has 0 atom stereocenters. The standard InChI is InChI=1S/C24H26N2O4S2/c1-4-30-23(27)19-14-18(12-16-8-6-5-7-9-16)32-22(19)26-24(31)25-15-17-10-11-20(28-2)21(13-17)29-3/h5-11,13-14H,4,12,15H2,1-3H3,(H2,25,26,31). The monoisotopic (exact) mass is 470 g/mol. The first-order chi connectivity index (χ1) is 15.5. The summed E-state index contributed by atoms with van der Waals surface area (Å²) in [6, 6.07) is 17.7. The van der Waals surface area contributed by atoms with E-state index in [2.05, 4.69) is 22.8 Å². The highest BCUT2D eigenvalue weighted by atomic mass is 32.1. The summed E-state index contributed by atoms with van der Waals surface area (Å²) in [5, 5.41) is 7.41. The molecule has 32 heavy (non-hydrogen) atoms. The highest BCUT2D eigenvalue weighted by Gasteiger charge is 2.18. The van der Waals surface area contributed by atoms with E-state index in [1.807, 2.05) is 42.5 Å². The molecule has 168 valence electrons. The van der Waals surface area contributed by atoms with Crippen molar-refractivity contribution in [1.82, 2.24) is 5.32 Å². The number of rotatable bonds is 9. The lowest BCUT2D eigenvalue weighted by Gasteiger charge is -2.12. The molecule has 0 aliphatic heterocycles. The maximum Gasteiger partial charge on any atom is 0.341 e. The van der Waals surface area contributed by atoms with Gasteiger partial charge >= 0.3 is 5.97 Å². The fourth-order valence-electron chi connectivity index (χ4n) is 3.10. The topological polar surface area (TPSA) is 68.8 Å². The van der Waals surface area contributed by atoms with Crippen molar-refractivity contribution >= 4 is 39.6 Å². The lowest BCUT2D eigenvalue weighted by atomic mass is 10.1. The number of methoxy groups -OCH3 is 2. The highest BCUT2D eigenvalue weighted by molar-refractivity contribution is 7.80. The summed E-state index contributed by atoms with van der Waals surface area (Å²) < 4.78 is 15.8. The molecule has 0 amide bonds. The van der Waals surface area contributed by atoms with Crippen molar-refractivity contribution in [3.05, 3.63) is 76.2 Å². The summed E-state index contributed by atoms with van der Waals surface area (Å²) >= 11 is 6.96.